The molecule has 76 valence electrons. The van der Waals surface area contributed by atoms with E-state index in [0.29, 0.717) is 12.5 Å². The Morgan fingerprint density at radius 3 is 3.29 bits per heavy atom. The minimum atomic E-state index is 0.599. The van der Waals surface area contributed by atoms with Crippen molar-refractivity contribution in [1.29, 1.82) is 0 Å². The number of hydrogen-bond acceptors (Lipinski definition) is 3. The predicted molar refractivity (Wildman–Crippen MR) is 52.6 cm³/mol. The third kappa shape index (κ3) is 1.55. The standard InChI is InChI=1S/C8H14N6/c1-2-10-8(9)13-3-4-14-6-11-12-7(14)5-13/h6H,2-5H2,1H3,(H2,9,10). The van der Waals surface area contributed by atoms with Gasteiger partial charge in [0, 0.05) is 19.6 Å². The zero-order chi connectivity index (χ0) is 9.97. The fraction of sp³-hybridized carbons (Fsp3) is 0.625. The lowest BCUT2D eigenvalue weighted by molar-refractivity contribution is 0.326. The highest BCUT2D eigenvalue weighted by molar-refractivity contribution is 5.78. The monoisotopic (exact) mass is 194 g/mol. The molecular formula is C8H14N6. The number of hydrogen-bond donors (Lipinski definition) is 1. The molecule has 2 N–H and O–H groups in total. The summed E-state index contributed by atoms with van der Waals surface area (Å²) in [6.45, 7) is 5.15. The van der Waals surface area contributed by atoms with Gasteiger partial charge in [-0.25, -0.2) is 0 Å². The molecule has 1 aromatic heterocycles. The summed E-state index contributed by atoms with van der Waals surface area (Å²) >= 11 is 0. The van der Waals surface area contributed by atoms with Gasteiger partial charge in [0.2, 0.25) is 0 Å². The average molecular weight is 194 g/mol. The Morgan fingerprint density at radius 2 is 2.50 bits per heavy atom. The van der Waals surface area contributed by atoms with Crippen LogP contribution in [0.1, 0.15) is 12.7 Å². The zero-order valence-corrected chi connectivity index (χ0v) is 8.22. The lowest BCUT2D eigenvalue weighted by Crippen LogP contribution is -2.42. The van der Waals surface area contributed by atoms with Gasteiger partial charge >= 0.3 is 0 Å². The van der Waals surface area contributed by atoms with Crippen LogP contribution in [0, 0.1) is 0 Å². The van der Waals surface area contributed by atoms with E-state index in [9.17, 15) is 0 Å². The topological polar surface area (TPSA) is 72.3 Å². The molecule has 2 heterocycles. The minimum Gasteiger partial charge on any atom is -0.370 e. The van der Waals surface area contributed by atoms with Gasteiger partial charge in [0.1, 0.15) is 6.33 Å². The van der Waals surface area contributed by atoms with E-state index < -0.39 is 0 Å². The molecule has 0 fully saturated rings. The van der Waals surface area contributed by atoms with Crippen molar-refractivity contribution < 1.29 is 0 Å². The summed E-state index contributed by atoms with van der Waals surface area (Å²) in [5.41, 5.74) is 5.80. The van der Waals surface area contributed by atoms with Crippen molar-refractivity contribution in [3.05, 3.63) is 12.2 Å². The Balaban J connectivity index is 2.11. The highest BCUT2D eigenvalue weighted by atomic mass is 15.4. The Morgan fingerprint density at radius 1 is 1.64 bits per heavy atom. The molecule has 0 amide bonds. The van der Waals surface area contributed by atoms with E-state index in [1.165, 1.54) is 0 Å². The molecular weight excluding hydrogens is 180 g/mol. The number of nitrogens with two attached hydrogens (primary N) is 1. The number of aromatic nitrogens is 3. The van der Waals surface area contributed by atoms with E-state index in [4.69, 9.17) is 5.73 Å². The average Bonchev–Trinajstić information content (AvgIpc) is 2.64. The van der Waals surface area contributed by atoms with Crippen molar-refractivity contribution >= 4 is 5.96 Å². The van der Waals surface area contributed by atoms with Crippen molar-refractivity contribution in [1.82, 2.24) is 19.7 Å². The first-order chi connectivity index (χ1) is 6.81. The van der Waals surface area contributed by atoms with Crippen LogP contribution in [0.25, 0.3) is 0 Å². The van der Waals surface area contributed by atoms with E-state index in [-0.39, 0.29) is 0 Å². The summed E-state index contributed by atoms with van der Waals surface area (Å²) in [6, 6.07) is 0. The second-order valence-corrected chi connectivity index (χ2v) is 3.19. The molecule has 0 atom stereocenters. The van der Waals surface area contributed by atoms with Crippen LogP contribution in [0.15, 0.2) is 11.3 Å². The smallest absolute Gasteiger partial charge is 0.191 e. The number of aliphatic imine (C=N–C) groups is 1. The van der Waals surface area contributed by atoms with Gasteiger partial charge in [0.25, 0.3) is 0 Å². The molecule has 6 heteroatoms. The van der Waals surface area contributed by atoms with Crippen molar-refractivity contribution in [2.24, 2.45) is 10.7 Å². The molecule has 0 saturated carbocycles. The Labute approximate surface area is 82.4 Å². The molecule has 2 rings (SSSR count). The molecule has 1 aliphatic heterocycles. The zero-order valence-electron chi connectivity index (χ0n) is 8.22. The van der Waals surface area contributed by atoms with E-state index >= 15 is 0 Å². The number of nitrogens with zero attached hydrogens (tertiary/aromatic N) is 5. The molecule has 0 aromatic carbocycles. The SMILES string of the molecule is CCN=C(N)N1CCn2cnnc2C1. The van der Waals surface area contributed by atoms with E-state index in [1.54, 1.807) is 6.33 Å². The lowest BCUT2D eigenvalue weighted by Gasteiger charge is -2.27. The summed E-state index contributed by atoms with van der Waals surface area (Å²) in [7, 11) is 0. The van der Waals surface area contributed by atoms with Crippen molar-refractivity contribution in [2.75, 3.05) is 13.1 Å². The minimum absolute atomic E-state index is 0.599. The normalized spacial score (nSPS) is 16.9. The molecule has 0 saturated heterocycles. The van der Waals surface area contributed by atoms with Gasteiger partial charge in [0.05, 0.1) is 6.54 Å². The Bertz CT molecular complexity index is 341. The third-order valence-electron chi connectivity index (χ3n) is 2.28. The van der Waals surface area contributed by atoms with Crippen LogP contribution in [0.2, 0.25) is 0 Å². The summed E-state index contributed by atoms with van der Waals surface area (Å²) in [5.74, 6) is 1.55. The van der Waals surface area contributed by atoms with Gasteiger partial charge < -0.3 is 15.2 Å². The maximum absolute atomic E-state index is 5.80. The number of guanidine groups is 1. The second-order valence-electron chi connectivity index (χ2n) is 3.19. The van der Waals surface area contributed by atoms with Gasteiger partial charge in [-0.2, -0.15) is 0 Å². The summed E-state index contributed by atoms with van der Waals surface area (Å²) < 4.78 is 2.04. The molecule has 14 heavy (non-hydrogen) atoms. The predicted octanol–water partition coefficient (Wildman–Crippen LogP) is -0.572. The molecule has 0 aliphatic carbocycles. The van der Waals surface area contributed by atoms with E-state index in [2.05, 4.69) is 15.2 Å². The van der Waals surface area contributed by atoms with Crippen molar-refractivity contribution in [3.63, 3.8) is 0 Å². The van der Waals surface area contributed by atoms with E-state index in [1.807, 2.05) is 16.4 Å². The van der Waals surface area contributed by atoms with Gasteiger partial charge in [-0.15, -0.1) is 10.2 Å². The summed E-state index contributed by atoms with van der Waals surface area (Å²) in [6.07, 6.45) is 1.75. The quantitative estimate of drug-likeness (QED) is 0.480. The molecule has 0 spiro atoms. The van der Waals surface area contributed by atoms with Gasteiger partial charge in [0.15, 0.2) is 11.8 Å². The second kappa shape index (κ2) is 3.65. The van der Waals surface area contributed by atoms with Crippen LogP contribution < -0.4 is 5.73 Å². The van der Waals surface area contributed by atoms with Gasteiger partial charge in [-0.3, -0.25) is 4.99 Å². The molecule has 6 nitrogen and oxygen atoms in total. The highest BCUT2D eigenvalue weighted by Gasteiger charge is 2.18. The molecule has 1 aliphatic rings. The van der Waals surface area contributed by atoms with Crippen molar-refractivity contribution in [3.8, 4) is 0 Å². The third-order valence-corrected chi connectivity index (χ3v) is 2.28. The number of rotatable bonds is 1. The molecule has 0 radical (unpaired) electrons. The number of fused-ring (bicyclic) bond motifs is 1. The Hall–Kier alpha value is -1.59. The van der Waals surface area contributed by atoms with Crippen LogP contribution in [0.3, 0.4) is 0 Å². The molecule has 1 aromatic rings. The van der Waals surface area contributed by atoms with Crippen LogP contribution in [0.5, 0.6) is 0 Å². The fourth-order valence-electron chi connectivity index (χ4n) is 1.52. The van der Waals surface area contributed by atoms with Crippen LogP contribution >= 0.6 is 0 Å². The Kier molecular flexibility index (Phi) is 2.34. The van der Waals surface area contributed by atoms with Crippen LogP contribution in [0.4, 0.5) is 0 Å². The maximum Gasteiger partial charge on any atom is 0.191 e. The highest BCUT2D eigenvalue weighted by Crippen LogP contribution is 2.07. The summed E-state index contributed by atoms with van der Waals surface area (Å²) in [5, 5.41) is 7.86. The largest absolute Gasteiger partial charge is 0.370 e. The maximum atomic E-state index is 5.80. The van der Waals surface area contributed by atoms with Gasteiger partial charge in [-0.1, -0.05) is 0 Å². The molecule has 0 unspecified atom stereocenters. The summed E-state index contributed by atoms with van der Waals surface area (Å²) in [4.78, 5) is 6.19. The molecule has 0 bridgehead atoms. The first-order valence-corrected chi connectivity index (χ1v) is 4.73. The van der Waals surface area contributed by atoms with Crippen LogP contribution in [-0.2, 0) is 13.1 Å². The van der Waals surface area contributed by atoms with E-state index in [0.717, 1.165) is 25.5 Å². The first-order valence-electron chi connectivity index (χ1n) is 4.73. The first kappa shape index (κ1) is 8.98. The van der Waals surface area contributed by atoms with Gasteiger partial charge in [-0.05, 0) is 6.92 Å². The van der Waals surface area contributed by atoms with Crippen molar-refractivity contribution in [2.45, 2.75) is 20.0 Å². The van der Waals surface area contributed by atoms with Crippen LogP contribution in [-0.4, -0.2) is 38.7 Å². The fourth-order valence-corrected chi connectivity index (χ4v) is 1.52. The lowest BCUT2D eigenvalue weighted by atomic mass is 10.4.